The molecule has 0 radical (unpaired) electrons. The van der Waals surface area contributed by atoms with Gasteiger partial charge in [-0.2, -0.15) is 0 Å². The molecule has 1 aromatic carbocycles. The first-order valence-corrected chi connectivity index (χ1v) is 6.36. The first kappa shape index (κ1) is 16.0. The SMILES string of the molecule is CCOCC(O)COc1c(Cl)cc(CO)cc1OC. The van der Waals surface area contributed by atoms with Crippen LogP contribution in [0.5, 0.6) is 11.5 Å². The molecule has 0 aromatic heterocycles. The first-order valence-electron chi connectivity index (χ1n) is 5.98. The topological polar surface area (TPSA) is 68.2 Å². The molecule has 0 fully saturated rings. The second kappa shape index (κ2) is 8.22. The predicted octanol–water partition coefficient (Wildman–Crippen LogP) is 1.62. The monoisotopic (exact) mass is 290 g/mol. The standard InChI is InChI=1S/C13H19ClO5/c1-3-18-7-10(16)8-19-13-11(14)4-9(6-15)5-12(13)17-2/h4-5,10,15-16H,3,6-8H2,1-2H3. The molecule has 0 bridgehead atoms. The van der Waals surface area contributed by atoms with E-state index in [1.165, 1.54) is 7.11 Å². The van der Waals surface area contributed by atoms with Crippen LogP contribution in [0, 0.1) is 0 Å². The van der Waals surface area contributed by atoms with Gasteiger partial charge in [-0.25, -0.2) is 0 Å². The highest BCUT2D eigenvalue weighted by molar-refractivity contribution is 6.32. The fourth-order valence-corrected chi connectivity index (χ4v) is 1.77. The van der Waals surface area contributed by atoms with Gasteiger partial charge in [0.2, 0.25) is 0 Å². The molecule has 1 unspecified atom stereocenters. The lowest BCUT2D eigenvalue weighted by atomic mass is 10.2. The third-order valence-corrected chi connectivity index (χ3v) is 2.69. The average molecular weight is 291 g/mol. The van der Waals surface area contributed by atoms with Gasteiger partial charge in [-0.3, -0.25) is 0 Å². The van der Waals surface area contributed by atoms with E-state index in [0.29, 0.717) is 28.7 Å². The minimum atomic E-state index is -0.738. The molecular formula is C13H19ClO5. The molecule has 0 spiro atoms. The molecule has 0 aliphatic carbocycles. The second-order valence-electron chi connectivity index (χ2n) is 3.89. The molecule has 108 valence electrons. The fourth-order valence-electron chi connectivity index (χ4n) is 1.49. The molecule has 0 aliphatic heterocycles. The number of rotatable bonds is 8. The van der Waals surface area contributed by atoms with E-state index in [1.54, 1.807) is 12.1 Å². The lowest BCUT2D eigenvalue weighted by Crippen LogP contribution is -2.23. The van der Waals surface area contributed by atoms with Gasteiger partial charge in [0.25, 0.3) is 0 Å². The smallest absolute Gasteiger partial charge is 0.179 e. The van der Waals surface area contributed by atoms with E-state index in [-0.39, 0.29) is 19.8 Å². The molecule has 19 heavy (non-hydrogen) atoms. The van der Waals surface area contributed by atoms with Crippen molar-refractivity contribution in [2.45, 2.75) is 19.6 Å². The van der Waals surface area contributed by atoms with Crippen LogP contribution in [0.1, 0.15) is 12.5 Å². The number of aliphatic hydroxyl groups excluding tert-OH is 2. The van der Waals surface area contributed by atoms with Crippen molar-refractivity contribution in [1.82, 2.24) is 0 Å². The molecular weight excluding hydrogens is 272 g/mol. The third kappa shape index (κ3) is 4.87. The summed E-state index contributed by atoms with van der Waals surface area (Å²) in [4.78, 5) is 0. The van der Waals surface area contributed by atoms with Crippen molar-refractivity contribution in [2.24, 2.45) is 0 Å². The Kier molecular flexibility index (Phi) is 6.94. The van der Waals surface area contributed by atoms with E-state index in [1.807, 2.05) is 6.92 Å². The Morgan fingerprint density at radius 2 is 2.05 bits per heavy atom. The molecule has 6 heteroatoms. The summed E-state index contributed by atoms with van der Waals surface area (Å²) in [6.45, 7) is 2.50. The van der Waals surface area contributed by atoms with E-state index in [4.69, 9.17) is 30.9 Å². The molecule has 1 rings (SSSR count). The molecule has 2 N–H and O–H groups in total. The molecule has 0 saturated heterocycles. The molecule has 5 nitrogen and oxygen atoms in total. The first-order chi connectivity index (χ1) is 9.12. The van der Waals surface area contributed by atoms with E-state index in [2.05, 4.69) is 0 Å². The number of ether oxygens (including phenoxy) is 3. The Morgan fingerprint density at radius 3 is 2.63 bits per heavy atom. The van der Waals surface area contributed by atoms with Gasteiger partial charge in [0.1, 0.15) is 12.7 Å². The number of hydrogen-bond acceptors (Lipinski definition) is 5. The fraction of sp³-hybridized carbons (Fsp3) is 0.538. The van der Waals surface area contributed by atoms with E-state index >= 15 is 0 Å². The zero-order valence-corrected chi connectivity index (χ0v) is 11.8. The zero-order valence-electron chi connectivity index (χ0n) is 11.1. The zero-order chi connectivity index (χ0) is 14.3. The van der Waals surface area contributed by atoms with Gasteiger partial charge >= 0.3 is 0 Å². The number of hydrogen-bond donors (Lipinski definition) is 2. The van der Waals surface area contributed by atoms with Crippen molar-refractivity contribution < 1.29 is 24.4 Å². The van der Waals surface area contributed by atoms with E-state index < -0.39 is 6.10 Å². The highest BCUT2D eigenvalue weighted by atomic mass is 35.5. The maximum atomic E-state index is 9.62. The van der Waals surface area contributed by atoms with Crippen LogP contribution < -0.4 is 9.47 Å². The van der Waals surface area contributed by atoms with E-state index in [9.17, 15) is 5.11 Å². The molecule has 0 amide bonds. The Bertz CT molecular complexity index is 397. The quantitative estimate of drug-likeness (QED) is 0.761. The lowest BCUT2D eigenvalue weighted by Gasteiger charge is -2.16. The van der Waals surface area contributed by atoms with Crippen molar-refractivity contribution in [1.29, 1.82) is 0 Å². The summed E-state index contributed by atoms with van der Waals surface area (Å²) < 4.78 is 15.7. The molecule has 0 saturated carbocycles. The molecule has 0 heterocycles. The normalized spacial score (nSPS) is 12.3. The molecule has 1 atom stereocenters. The van der Waals surface area contributed by atoms with Crippen LogP contribution in [0.25, 0.3) is 0 Å². The van der Waals surface area contributed by atoms with Gasteiger partial charge in [-0.1, -0.05) is 11.6 Å². The number of halogens is 1. The van der Waals surface area contributed by atoms with Gasteiger partial charge in [0.05, 0.1) is 25.3 Å². The van der Waals surface area contributed by atoms with Crippen LogP contribution in [0.2, 0.25) is 5.02 Å². The number of benzene rings is 1. The maximum absolute atomic E-state index is 9.62. The highest BCUT2D eigenvalue weighted by Gasteiger charge is 2.14. The largest absolute Gasteiger partial charge is 0.493 e. The number of aliphatic hydroxyl groups is 2. The Balaban J connectivity index is 2.71. The summed E-state index contributed by atoms with van der Waals surface area (Å²) in [7, 11) is 1.48. The van der Waals surface area contributed by atoms with Crippen LogP contribution in [0.3, 0.4) is 0 Å². The summed E-state index contributed by atoms with van der Waals surface area (Å²) in [6.07, 6.45) is -0.738. The third-order valence-electron chi connectivity index (χ3n) is 2.41. The Labute approximate surface area is 117 Å². The summed E-state index contributed by atoms with van der Waals surface area (Å²) in [5, 5.41) is 19.0. The summed E-state index contributed by atoms with van der Waals surface area (Å²) in [5.41, 5.74) is 0.629. The van der Waals surface area contributed by atoms with Gasteiger partial charge in [-0.05, 0) is 24.6 Å². The average Bonchev–Trinajstić information content (AvgIpc) is 2.42. The van der Waals surface area contributed by atoms with Crippen molar-refractivity contribution in [3.05, 3.63) is 22.7 Å². The van der Waals surface area contributed by atoms with Crippen LogP contribution in [0.4, 0.5) is 0 Å². The Hall–Kier alpha value is -1.01. The minimum Gasteiger partial charge on any atom is -0.493 e. The highest BCUT2D eigenvalue weighted by Crippen LogP contribution is 2.36. The molecule has 1 aromatic rings. The van der Waals surface area contributed by atoms with Crippen LogP contribution in [-0.2, 0) is 11.3 Å². The second-order valence-corrected chi connectivity index (χ2v) is 4.30. The van der Waals surface area contributed by atoms with Crippen molar-refractivity contribution >= 4 is 11.6 Å². The van der Waals surface area contributed by atoms with Gasteiger partial charge in [0.15, 0.2) is 11.5 Å². The van der Waals surface area contributed by atoms with Gasteiger partial charge in [0, 0.05) is 6.61 Å². The predicted molar refractivity (Wildman–Crippen MR) is 71.9 cm³/mol. The van der Waals surface area contributed by atoms with Crippen LogP contribution in [-0.4, -0.2) is 43.2 Å². The number of methoxy groups -OCH3 is 1. The summed E-state index contributed by atoms with van der Waals surface area (Å²) in [6, 6.07) is 3.23. The van der Waals surface area contributed by atoms with Crippen molar-refractivity contribution in [3.8, 4) is 11.5 Å². The van der Waals surface area contributed by atoms with Crippen LogP contribution >= 0.6 is 11.6 Å². The summed E-state index contributed by atoms with van der Waals surface area (Å²) in [5.74, 6) is 0.761. The van der Waals surface area contributed by atoms with Crippen molar-refractivity contribution in [3.63, 3.8) is 0 Å². The van der Waals surface area contributed by atoms with Gasteiger partial charge < -0.3 is 24.4 Å². The van der Waals surface area contributed by atoms with Crippen LogP contribution in [0.15, 0.2) is 12.1 Å². The maximum Gasteiger partial charge on any atom is 0.179 e. The summed E-state index contributed by atoms with van der Waals surface area (Å²) >= 11 is 6.05. The van der Waals surface area contributed by atoms with Gasteiger partial charge in [-0.15, -0.1) is 0 Å². The Morgan fingerprint density at radius 1 is 1.32 bits per heavy atom. The van der Waals surface area contributed by atoms with E-state index in [0.717, 1.165) is 0 Å². The minimum absolute atomic E-state index is 0.0502. The van der Waals surface area contributed by atoms with Crippen molar-refractivity contribution in [2.75, 3.05) is 26.9 Å². The lowest BCUT2D eigenvalue weighted by molar-refractivity contribution is 0.0160. The molecule has 0 aliphatic rings.